The molecule has 0 aliphatic rings. The number of rotatable bonds is 6. The van der Waals surface area contributed by atoms with E-state index in [1.165, 1.54) is 6.08 Å². The summed E-state index contributed by atoms with van der Waals surface area (Å²) in [5, 5.41) is 23.7. The average molecular weight is 446 g/mol. The van der Waals surface area contributed by atoms with Gasteiger partial charge in [-0.15, -0.1) is 0 Å². The Bertz CT molecular complexity index is 1370. The number of nitriles is 1. The SMILES string of the molecule is Cc1c(C#N)c(-c2ccccc2)nc(C=C(O)c2ccccc2)c1C(=O)NCc1ccccc1. The number of nitrogens with zero attached hydrogens (tertiary/aromatic N) is 2. The third-order valence-electron chi connectivity index (χ3n) is 5.50. The Morgan fingerprint density at radius 1 is 0.971 bits per heavy atom. The molecule has 0 atom stereocenters. The second-order valence-electron chi connectivity index (χ2n) is 7.76. The van der Waals surface area contributed by atoms with Crippen LogP contribution in [0.15, 0.2) is 91.0 Å². The minimum atomic E-state index is -0.364. The maximum absolute atomic E-state index is 13.3. The van der Waals surface area contributed by atoms with E-state index in [1.54, 1.807) is 19.1 Å². The van der Waals surface area contributed by atoms with E-state index in [9.17, 15) is 15.2 Å². The Kier molecular flexibility index (Phi) is 6.81. The first-order chi connectivity index (χ1) is 16.6. The normalized spacial score (nSPS) is 11.0. The monoisotopic (exact) mass is 445 g/mol. The van der Waals surface area contributed by atoms with Gasteiger partial charge in [0, 0.05) is 23.7 Å². The molecule has 34 heavy (non-hydrogen) atoms. The smallest absolute Gasteiger partial charge is 0.254 e. The van der Waals surface area contributed by atoms with Gasteiger partial charge in [0.2, 0.25) is 0 Å². The Morgan fingerprint density at radius 3 is 2.18 bits per heavy atom. The van der Waals surface area contributed by atoms with Crippen molar-refractivity contribution in [3.8, 4) is 17.3 Å². The molecule has 4 rings (SSSR count). The molecule has 0 spiro atoms. The molecule has 0 saturated carbocycles. The van der Waals surface area contributed by atoms with Crippen LogP contribution in [0.2, 0.25) is 0 Å². The number of carbonyl (C=O) groups is 1. The van der Waals surface area contributed by atoms with Crippen LogP contribution in [0.3, 0.4) is 0 Å². The summed E-state index contributed by atoms with van der Waals surface area (Å²) in [6.45, 7) is 2.07. The van der Waals surface area contributed by atoms with Crippen molar-refractivity contribution in [2.24, 2.45) is 0 Å². The summed E-state index contributed by atoms with van der Waals surface area (Å²) in [5.74, 6) is -0.384. The number of aliphatic hydroxyl groups excluding tert-OH is 1. The van der Waals surface area contributed by atoms with E-state index in [2.05, 4.69) is 11.4 Å². The van der Waals surface area contributed by atoms with Crippen LogP contribution in [-0.2, 0) is 6.54 Å². The minimum Gasteiger partial charge on any atom is -0.507 e. The van der Waals surface area contributed by atoms with E-state index >= 15 is 0 Å². The number of hydrogen-bond donors (Lipinski definition) is 2. The summed E-state index contributed by atoms with van der Waals surface area (Å²) in [7, 11) is 0. The minimum absolute atomic E-state index is 0.0201. The van der Waals surface area contributed by atoms with E-state index in [0.717, 1.165) is 11.1 Å². The zero-order chi connectivity index (χ0) is 23.9. The van der Waals surface area contributed by atoms with Crippen molar-refractivity contribution in [2.75, 3.05) is 0 Å². The molecule has 4 aromatic rings. The standard InChI is InChI=1S/C29H23N3O2/c1-20-24(18-30)28(23-15-9-4-10-16-23)32-25(17-26(33)22-13-7-3-8-14-22)27(20)29(34)31-19-21-11-5-2-6-12-21/h2-17,33H,19H2,1H3,(H,31,34). The molecular formula is C29H23N3O2. The number of hydrogen-bond acceptors (Lipinski definition) is 4. The van der Waals surface area contributed by atoms with E-state index < -0.39 is 0 Å². The molecule has 1 amide bonds. The van der Waals surface area contributed by atoms with Crippen LogP contribution in [0, 0.1) is 18.3 Å². The van der Waals surface area contributed by atoms with Gasteiger partial charge in [-0.05, 0) is 18.1 Å². The Hall–Kier alpha value is -4.69. The fourth-order valence-corrected chi connectivity index (χ4v) is 3.75. The van der Waals surface area contributed by atoms with Crippen molar-refractivity contribution in [1.82, 2.24) is 10.3 Å². The molecule has 0 bridgehead atoms. The van der Waals surface area contributed by atoms with Gasteiger partial charge in [0.1, 0.15) is 11.8 Å². The third kappa shape index (κ3) is 4.87. The molecular weight excluding hydrogens is 422 g/mol. The van der Waals surface area contributed by atoms with Crippen LogP contribution in [0.1, 0.15) is 38.3 Å². The van der Waals surface area contributed by atoms with Crippen LogP contribution in [0.25, 0.3) is 23.1 Å². The summed E-state index contributed by atoms with van der Waals surface area (Å²) in [6, 6.07) is 30.2. The number of amides is 1. The quantitative estimate of drug-likeness (QED) is 0.361. The molecule has 1 aromatic heterocycles. The van der Waals surface area contributed by atoms with E-state index in [0.29, 0.717) is 34.6 Å². The molecule has 0 aliphatic carbocycles. The first-order valence-electron chi connectivity index (χ1n) is 10.9. The highest BCUT2D eigenvalue weighted by molar-refractivity contribution is 6.01. The van der Waals surface area contributed by atoms with Crippen LogP contribution in [0.4, 0.5) is 0 Å². The summed E-state index contributed by atoms with van der Waals surface area (Å²) in [5.41, 5.74) is 4.16. The lowest BCUT2D eigenvalue weighted by Crippen LogP contribution is -2.25. The van der Waals surface area contributed by atoms with E-state index in [1.807, 2.05) is 78.9 Å². The number of nitrogens with one attached hydrogen (secondary N) is 1. The predicted molar refractivity (Wildman–Crippen MR) is 134 cm³/mol. The maximum atomic E-state index is 13.3. The van der Waals surface area contributed by atoms with Crippen molar-refractivity contribution >= 4 is 17.7 Å². The van der Waals surface area contributed by atoms with E-state index in [-0.39, 0.29) is 17.2 Å². The first kappa shape index (κ1) is 22.5. The highest BCUT2D eigenvalue weighted by Gasteiger charge is 2.22. The van der Waals surface area contributed by atoms with Gasteiger partial charge >= 0.3 is 0 Å². The van der Waals surface area contributed by atoms with Crippen molar-refractivity contribution in [1.29, 1.82) is 5.26 Å². The molecule has 1 heterocycles. The number of aliphatic hydroxyl groups is 1. The fraction of sp³-hybridized carbons (Fsp3) is 0.0690. The molecule has 166 valence electrons. The molecule has 3 aromatic carbocycles. The Balaban J connectivity index is 1.84. The first-order valence-corrected chi connectivity index (χ1v) is 10.9. The van der Waals surface area contributed by atoms with Gasteiger partial charge in [-0.25, -0.2) is 4.98 Å². The van der Waals surface area contributed by atoms with E-state index in [4.69, 9.17) is 4.98 Å². The lowest BCUT2D eigenvalue weighted by molar-refractivity contribution is 0.0949. The number of pyridine rings is 1. The molecule has 0 unspecified atom stereocenters. The summed E-state index contributed by atoms with van der Waals surface area (Å²) in [4.78, 5) is 18.0. The molecule has 0 radical (unpaired) electrons. The lowest BCUT2D eigenvalue weighted by atomic mass is 9.95. The Morgan fingerprint density at radius 2 is 1.56 bits per heavy atom. The third-order valence-corrected chi connectivity index (χ3v) is 5.50. The second kappa shape index (κ2) is 10.3. The fourth-order valence-electron chi connectivity index (χ4n) is 3.75. The van der Waals surface area contributed by atoms with Crippen molar-refractivity contribution < 1.29 is 9.90 Å². The maximum Gasteiger partial charge on any atom is 0.254 e. The summed E-state index contributed by atoms with van der Waals surface area (Å²) >= 11 is 0. The van der Waals surface area contributed by atoms with Crippen LogP contribution >= 0.6 is 0 Å². The van der Waals surface area contributed by atoms with Gasteiger partial charge in [0.15, 0.2) is 0 Å². The summed E-state index contributed by atoms with van der Waals surface area (Å²) in [6.07, 6.45) is 1.48. The van der Waals surface area contributed by atoms with Gasteiger partial charge in [0.25, 0.3) is 5.91 Å². The number of carbonyl (C=O) groups excluding carboxylic acids is 1. The molecule has 5 heteroatoms. The zero-order valence-electron chi connectivity index (χ0n) is 18.7. The highest BCUT2D eigenvalue weighted by Crippen LogP contribution is 2.29. The van der Waals surface area contributed by atoms with Gasteiger partial charge in [-0.1, -0.05) is 91.0 Å². The van der Waals surface area contributed by atoms with Gasteiger partial charge in [-0.3, -0.25) is 4.79 Å². The van der Waals surface area contributed by atoms with Gasteiger partial charge in [-0.2, -0.15) is 5.26 Å². The van der Waals surface area contributed by atoms with Crippen molar-refractivity contribution in [3.05, 3.63) is 125 Å². The predicted octanol–water partition coefficient (Wildman–Crippen LogP) is 5.91. The molecule has 0 saturated heterocycles. The number of aromatic nitrogens is 1. The van der Waals surface area contributed by atoms with Crippen LogP contribution < -0.4 is 5.32 Å². The molecule has 5 nitrogen and oxygen atoms in total. The zero-order valence-corrected chi connectivity index (χ0v) is 18.7. The molecule has 2 N–H and O–H groups in total. The topological polar surface area (TPSA) is 86.0 Å². The summed E-state index contributed by atoms with van der Waals surface area (Å²) < 4.78 is 0. The lowest BCUT2D eigenvalue weighted by Gasteiger charge is -2.15. The highest BCUT2D eigenvalue weighted by atomic mass is 16.3. The van der Waals surface area contributed by atoms with Crippen molar-refractivity contribution in [2.45, 2.75) is 13.5 Å². The molecule has 0 fully saturated rings. The van der Waals surface area contributed by atoms with Gasteiger partial charge < -0.3 is 10.4 Å². The van der Waals surface area contributed by atoms with Crippen molar-refractivity contribution in [3.63, 3.8) is 0 Å². The molecule has 0 aliphatic heterocycles. The average Bonchev–Trinajstić information content (AvgIpc) is 2.88. The van der Waals surface area contributed by atoms with Crippen LogP contribution in [0.5, 0.6) is 0 Å². The Labute approximate surface area is 198 Å². The number of benzene rings is 3. The van der Waals surface area contributed by atoms with Crippen LogP contribution in [-0.4, -0.2) is 16.0 Å². The second-order valence-corrected chi connectivity index (χ2v) is 7.76. The van der Waals surface area contributed by atoms with Gasteiger partial charge in [0.05, 0.1) is 22.5 Å². The largest absolute Gasteiger partial charge is 0.507 e.